The molecular formula is C17H35N3O. The Balaban J connectivity index is 2.27. The molecule has 0 heterocycles. The quantitative estimate of drug-likeness (QED) is 0.508. The molecule has 0 spiro atoms. The number of nitrogens with two attached hydrogens (primary N) is 1. The topological polar surface area (TPSA) is 58.4 Å². The van der Waals surface area contributed by atoms with Gasteiger partial charge >= 0.3 is 0 Å². The summed E-state index contributed by atoms with van der Waals surface area (Å²) in [5.41, 5.74) is 4.98. The minimum absolute atomic E-state index is 0.235. The van der Waals surface area contributed by atoms with Gasteiger partial charge in [0.1, 0.15) is 0 Å². The van der Waals surface area contributed by atoms with E-state index in [1.165, 1.54) is 38.5 Å². The second kappa shape index (κ2) is 9.42. The van der Waals surface area contributed by atoms with Gasteiger partial charge in [0.25, 0.3) is 0 Å². The molecule has 0 radical (unpaired) electrons. The third kappa shape index (κ3) is 6.35. The molecule has 1 rings (SSSR count). The maximum atomic E-state index is 11.6. The van der Waals surface area contributed by atoms with Gasteiger partial charge in [0.15, 0.2) is 0 Å². The van der Waals surface area contributed by atoms with Crippen LogP contribution in [0.15, 0.2) is 0 Å². The zero-order valence-electron chi connectivity index (χ0n) is 14.3. The lowest BCUT2D eigenvalue weighted by atomic mass is 9.93. The minimum Gasteiger partial charge on any atom is -0.368 e. The van der Waals surface area contributed by atoms with Crippen LogP contribution in [0.25, 0.3) is 0 Å². The highest BCUT2D eigenvalue weighted by molar-refractivity contribution is 5.84. The van der Waals surface area contributed by atoms with Crippen molar-refractivity contribution in [1.29, 1.82) is 0 Å². The first-order chi connectivity index (χ1) is 9.99. The monoisotopic (exact) mass is 297 g/mol. The average molecular weight is 297 g/mol. The first-order valence-corrected chi connectivity index (χ1v) is 8.75. The van der Waals surface area contributed by atoms with Crippen molar-refractivity contribution in [3.8, 4) is 0 Å². The van der Waals surface area contributed by atoms with Gasteiger partial charge < -0.3 is 16.0 Å². The van der Waals surface area contributed by atoms with Crippen LogP contribution in [0.2, 0.25) is 0 Å². The number of amides is 1. The van der Waals surface area contributed by atoms with Crippen LogP contribution >= 0.6 is 0 Å². The van der Waals surface area contributed by atoms with Gasteiger partial charge in [0.05, 0.1) is 5.54 Å². The van der Waals surface area contributed by atoms with Crippen LogP contribution < -0.4 is 11.1 Å². The second-order valence-electron chi connectivity index (χ2n) is 6.81. The number of likely N-dealkylation sites (N-methyl/N-ethyl adjacent to an activating group) is 1. The van der Waals surface area contributed by atoms with E-state index in [2.05, 4.69) is 17.3 Å². The van der Waals surface area contributed by atoms with Gasteiger partial charge in [-0.05, 0) is 59.2 Å². The zero-order valence-corrected chi connectivity index (χ0v) is 14.3. The molecular weight excluding hydrogens is 262 g/mol. The lowest BCUT2D eigenvalue weighted by Gasteiger charge is -2.29. The minimum atomic E-state index is -0.546. The van der Waals surface area contributed by atoms with Crippen molar-refractivity contribution in [2.45, 2.75) is 83.2 Å². The van der Waals surface area contributed by atoms with Crippen LogP contribution in [-0.2, 0) is 4.79 Å². The van der Waals surface area contributed by atoms with Crippen molar-refractivity contribution in [1.82, 2.24) is 10.2 Å². The summed E-state index contributed by atoms with van der Waals surface area (Å²) in [7, 11) is 2.26. The van der Waals surface area contributed by atoms with E-state index in [4.69, 9.17) is 5.73 Å². The van der Waals surface area contributed by atoms with E-state index in [9.17, 15) is 4.79 Å². The third-order valence-corrected chi connectivity index (χ3v) is 5.00. The molecule has 21 heavy (non-hydrogen) atoms. The molecule has 0 bridgehead atoms. The average Bonchev–Trinajstić information content (AvgIpc) is 2.72. The molecule has 1 saturated carbocycles. The summed E-state index contributed by atoms with van der Waals surface area (Å²) in [6, 6.07) is 0.767. The number of nitrogens with zero attached hydrogens (tertiary/aromatic N) is 1. The van der Waals surface area contributed by atoms with Crippen molar-refractivity contribution in [2.24, 2.45) is 5.73 Å². The third-order valence-electron chi connectivity index (χ3n) is 5.00. The number of unbranched alkanes of at least 4 members (excludes halogenated alkanes) is 1. The smallest absolute Gasteiger partial charge is 0.237 e. The van der Waals surface area contributed by atoms with Gasteiger partial charge in [-0.25, -0.2) is 0 Å². The van der Waals surface area contributed by atoms with Gasteiger partial charge in [-0.15, -0.1) is 0 Å². The van der Waals surface area contributed by atoms with Crippen LogP contribution in [0.5, 0.6) is 0 Å². The molecule has 1 atom stereocenters. The van der Waals surface area contributed by atoms with Crippen LogP contribution in [0.1, 0.15) is 71.6 Å². The standard InChI is InChI=1S/C17H35N3O/c1-4-19-17(2,16(18)21)13-9-10-14-20(3)15-11-7-5-6-8-12-15/h15,19H,4-14H2,1-3H3,(H2,18,21). The highest BCUT2D eigenvalue weighted by Gasteiger charge is 2.29. The Kier molecular flexibility index (Phi) is 8.27. The molecule has 124 valence electrons. The van der Waals surface area contributed by atoms with Gasteiger partial charge in [-0.2, -0.15) is 0 Å². The summed E-state index contributed by atoms with van der Waals surface area (Å²) >= 11 is 0. The van der Waals surface area contributed by atoms with Crippen LogP contribution in [0, 0.1) is 0 Å². The van der Waals surface area contributed by atoms with E-state index in [-0.39, 0.29) is 5.91 Å². The summed E-state index contributed by atoms with van der Waals surface area (Å²) in [6.45, 7) is 5.85. The molecule has 1 fully saturated rings. The summed E-state index contributed by atoms with van der Waals surface area (Å²) < 4.78 is 0. The normalized spacial score (nSPS) is 20.2. The highest BCUT2D eigenvalue weighted by atomic mass is 16.1. The maximum absolute atomic E-state index is 11.6. The molecule has 0 aromatic carbocycles. The molecule has 0 saturated heterocycles. The Morgan fingerprint density at radius 3 is 2.38 bits per heavy atom. The van der Waals surface area contributed by atoms with E-state index in [1.54, 1.807) is 0 Å². The van der Waals surface area contributed by atoms with E-state index < -0.39 is 5.54 Å². The molecule has 1 amide bonds. The number of primary amides is 1. The van der Waals surface area contributed by atoms with E-state index in [1.807, 2.05) is 13.8 Å². The van der Waals surface area contributed by atoms with E-state index in [0.29, 0.717) is 0 Å². The van der Waals surface area contributed by atoms with Gasteiger partial charge in [-0.3, -0.25) is 4.79 Å². The molecule has 1 aliphatic carbocycles. The van der Waals surface area contributed by atoms with E-state index >= 15 is 0 Å². The summed E-state index contributed by atoms with van der Waals surface area (Å²) in [5.74, 6) is -0.235. The fourth-order valence-electron chi connectivity index (χ4n) is 3.41. The summed E-state index contributed by atoms with van der Waals surface area (Å²) in [4.78, 5) is 14.1. The number of hydrogen-bond acceptors (Lipinski definition) is 3. The van der Waals surface area contributed by atoms with Crippen LogP contribution in [0.3, 0.4) is 0 Å². The SMILES string of the molecule is CCNC(C)(CCCCN(C)C1CCCCCC1)C(N)=O. The van der Waals surface area contributed by atoms with Gasteiger partial charge in [0, 0.05) is 6.04 Å². The molecule has 0 aromatic rings. The van der Waals surface area contributed by atoms with Gasteiger partial charge in [0.2, 0.25) is 5.91 Å². The Labute approximate surface area is 130 Å². The first kappa shape index (κ1) is 18.4. The molecule has 1 unspecified atom stereocenters. The maximum Gasteiger partial charge on any atom is 0.237 e. The second-order valence-corrected chi connectivity index (χ2v) is 6.81. The fourth-order valence-corrected chi connectivity index (χ4v) is 3.41. The number of hydrogen-bond donors (Lipinski definition) is 2. The molecule has 0 aliphatic heterocycles. The molecule has 4 heteroatoms. The van der Waals surface area contributed by atoms with Crippen molar-refractivity contribution >= 4 is 5.91 Å². The van der Waals surface area contributed by atoms with Crippen molar-refractivity contribution < 1.29 is 4.79 Å². The molecule has 3 N–H and O–H groups in total. The van der Waals surface area contributed by atoms with Crippen molar-refractivity contribution in [2.75, 3.05) is 20.1 Å². The Morgan fingerprint density at radius 2 is 1.86 bits per heavy atom. The fraction of sp³-hybridized carbons (Fsp3) is 0.941. The summed E-state index contributed by atoms with van der Waals surface area (Å²) in [5, 5.41) is 3.23. The van der Waals surface area contributed by atoms with Gasteiger partial charge in [-0.1, -0.05) is 32.6 Å². The summed E-state index contributed by atoms with van der Waals surface area (Å²) in [6.07, 6.45) is 11.3. The van der Waals surface area contributed by atoms with Crippen molar-refractivity contribution in [3.63, 3.8) is 0 Å². The predicted molar refractivity (Wildman–Crippen MR) is 89.2 cm³/mol. The highest BCUT2D eigenvalue weighted by Crippen LogP contribution is 2.21. The first-order valence-electron chi connectivity index (χ1n) is 8.75. The lowest BCUT2D eigenvalue weighted by molar-refractivity contribution is -0.124. The largest absolute Gasteiger partial charge is 0.368 e. The Morgan fingerprint density at radius 1 is 1.24 bits per heavy atom. The molecule has 4 nitrogen and oxygen atoms in total. The number of nitrogens with one attached hydrogen (secondary N) is 1. The number of carbonyl (C=O) groups excluding carboxylic acids is 1. The lowest BCUT2D eigenvalue weighted by Crippen LogP contribution is -2.53. The molecule has 1 aliphatic rings. The number of rotatable bonds is 9. The van der Waals surface area contributed by atoms with Crippen LogP contribution in [-0.4, -0.2) is 42.5 Å². The predicted octanol–water partition coefficient (Wildman–Crippen LogP) is 2.66. The van der Waals surface area contributed by atoms with Crippen molar-refractivity contribution in [3.05, 3.63) is 0 Å². The van der Waals surface area contributed by atoms with E-state index in [0.717, 1.165) is 38.4 Å². The van der Waals surface area contributed by atoms with Crippen LogP contribution in [0.4, 0.5) is 0 Å². The Bertz CT molecular complexity index is 300. The number of carbonyl (C=O) groups is 1. The Hall–Kier alpha value is -0.610. The molecule has 0 aromatic heterocycles. The zero-order chi connectivity index (χ0) is 15.7.